The van der Waals surface area contributed by atoms with Gasteiger partial charge in [-0.3, -0.25) is 9.80 Å². The molecule has 0 bridgehead atoms. The van der Waals surface area contributed by atoms with Crippen LogP contribution >= 0.6 is 0 Å². The van der Waals surface area contributed by atoms with Crippen molar-refractivity contribution in [3.8, 4) is 0 Å². The van der Waals surface area contributed by atoms with E-state index >= 15 is 0 Å². The second-order valence-corrected chi connectivity index (χ2v) is 9.14. The van der Waals surface area contributed by atoms with Crippen molar-refractivity contribution < 1.29 is 0 Å². The van der Waals surface area contributed by atoms with E-state index in [4.69, 9.17) is 0 Å². The topological polar surface area (TPSA) is 30.5 Å². The zero-order valence-corrected chi connectivity index (χ0v) is 15.2. The Morgan fingerprint density at radius 1 is 0.818 bits per heavy atom. The quantitative estimate of drug-likeness (QED) is 0.806. The fourth-order valence-electron chi connectivity index (χ4n) is 4.46. The Morgan fingerprint density at radius 2 is 1.41 bits per heavy atom. The maximum absolute atomic E-state index is 3.55. The molecule has 1 spiro atoms. The summed E-state index contributed by atoms with van der Waals surface area (Å²) in [4.78, 5) is 5.41. The Balaban J connectivity index is 1.49. The predicted octanol–water partition coefficient (Wildman–Crippen LogP) is 1.52. The minimum Gasteiger partial charge on any atom is -0.316 e. The van der Waals surface area contributed by atoms with E-state index in [9.17, 15) is 0 Å². The Morgan fingerprint density at radius 3 is 1.95 bits per heavy atom. The lowest BCUT2D eigenvalue weighted by atomic mass is 9.74. The molecule has 128 valence electrons. The van der Waals surface area contributed by atoms with Crippen molar-refractivity contribution in [2.24, 2.45) is 5.41 Å². The van der Waals surface area contributed by atoms with E-state index in [0.29, 0.717) is 16.5 Å². The third-order valence-corrected chi connectivity index (χ3v) is 6.56. The number of nitrogens with one attached hydrogen (secondary N) is 2. The molecule has 3 rings (SSSR count). The van der Waals surface area contributed by atoms with Crippen molar-refractivity contribution in [2.45, 2.75) is 58.0 Å². The van der Waals surface area contributed by atoms with Crippen molar-refractivity contribution in [1.82, 2.24) is 20.4 Å². The lowest BCUT2D eigenvalue weighted by Gasteiger charge is -2.56. The van der Waals surface area contributed by atoms with Crippen LogP contribution in [0.2, 0.25) is 0 Å². The minimum absolute atomic E-state index is 0.330. The van der Waals surface area contributed by atoms with Crippen molar-refractivity contribution >= 4 is 0 Å². The van der Waals surface area contributed by atoms with E-state index in [1.807, 2.05) is 0 Å². The maximum Gasteiger partial charge on any atom is 0.0155 e. The molecule has 3 aliphatic rings. The van der Waals surface area contributed by atoms with Crippen molar-refractivity contribution in [1.29, 1.82) is 0 Å². The summed E-state index contributed by atoms with van der Waals surface area (Å²) in [6.45, 7) is 19.6. The van der Waals surface area contributed by atoms with Gasteiger partial charge in [-0.05, 0) is 53.5 Å². The molecule has 0 aliphatic carbocycles. The SMILES string of the molecule is CC(C)(CCC(C)(C)N1CC2(CCNC2)C1)N1CCNCC1. The average molecular weight is 309 g/mol. The molecule has 4 nitrogen and oxygen atoms in total. The first-order valence-corrected chi connectivity index (χ1v) is 9.25. The molecule has 0 saturated carbocycles. The minimum atomic E-state index is 0.330. The van der Waals surface area contributed by atoms with Gasteiger partial charge in [-0.15, -0.1) is 0 Å². The number of hydrogen-bond acceptors (Lipinski definition) is 4. The number of hydrogen-bond donors (Lipinski definition) is 2. The maximum atomic E-state index is 3.55. The second kappa shape index (κ2) is 6.04. The van der Waals surface area contributed by atoms with E-state index in [1.54, 1.807) is 0 Å². The zero-order valence-electron chi connectivity index (χ0n) is 15.2. The third-order valence-electron chi connectivity index (χ3n) is 6.56. The van der Waals surface area contributed by atoms with Crippen molar-refractivity contribution in [2.75, 3.05) is 52.4 Å². The van der Waals surface area contributed by atoms with Gasteiger partial charge < -0.3 is 10.6 Å². The molecular formula is C18H36N4. The molecule has 3 heterocycles. The highest BCUT2D eigenvalue weighted by Gasteiger charge is 2.49. The van der Waals surface area contributed by atoms with Crippen LogP contribution in [-0.2, 0) is 0 Å². The summed E-state index contributed by atoms with van der Waals surface area (Å²) < 4.78 is 0. The molecule has 0 atom stereocenters. The van der Waals surface area contributed by atoms with Crippen molar-refractivity contribution in [3.63, 3.8) is 0 Å². The first-order valence-electron chi connectivity index (χ1n) is 9.25. The van der Waals surface area contributed by atoms with Crippen LogP contribution in [0.3, 0.4) is 0 Å². The highest BCUT2D eigenvalue weighted by molar-refractivity contribution is 5.05. The summed E-state index contributed by atoms with van der Waals surface area (Å²) in [6.07, 6.45) is 3.97. The van der Waals surface area contributed by atoms with Gasteiger partial charge in [0.15, 0.2) is 0 Å². The summed E-state index contributed by atoms with van der Waals surface area (Å²) in [5, 5.41) is 7.01. The summed E-state index contributed by atoms with van der Waals surface area (Å²) in [5.41, 5.74) is 1.29. The molecule has 3 fully saturated rings. The molecular weight excluding hydrogens is 272 g/mol. The van der Waals surface area contributed by atoms with Gasteiger partial charge >= 0.3 is 0 Å². The lowest BCUT2D eigenvalue weighted by Crippen LogP contribution is -2.64. The molecule has 3 aliphatic heterocycles. The zero-order chi connectivity index (χ0) is 15.8. The van der Waals surface area contributed by atoms with Gasteiger partial charge in [-0.2, -0.15) is 0 Å². The Bertz CT molecular complexity index is 371. The fraction of sp³-hybridized carbons (Fsp3) is 1.00. The van der Waals surface area contributed by atoms with Crippen LogP contribution in [0.1, 0.15) is 47.0 Å². The van der Waals surface area contributed by atoms with E-state index in [0.717, 1.165) is 13.1 Å². The molecule has 0 aromatic rings. The van der Waals surface area contributed by atoms with Crippen molar-refractivity contribution in [3.05, 3.63) is 0 Å². The molecule has 2 N–H and O–H groups in total. The van der Waals surface area contributed by atoms with Crippen LogP contribution in [0, 0.1) is 5.41 Å². The third kappa shape index (κ3) is 3.35. The Kier molecular flexibility index (Phi) is 4.59. The Hall–Kier alpha value is -0.160. The predicted molar refractivity (Wildman–Crippen MR) is 93.3 cm³/mol. The molecule has 3 saturated heterocycles. The highest BCUT2D eigenvalue weighted by Crippen LogP contribution is 2.42. The van der Waals surface area contributed by atoms with Crippen LogP contribution in [0.15, 0.2) is 0 Å². The van der Waals surface area contributed by atoms with Crippen LogP contribution in [-0.4, -0.2) is 73.2 Å². The van der Waals surface area contributed by atoms with E-state index in [2.05, 4.69) is 48.1 Å². The fourth-order valence-corrected chi connectivity index (χ4v) is 4.46. The van der Waals surface area contributed by atoms with Gasteiger partial charge in [0.05, 0.1) is 0 Å². The number of nitrogens with zero attached hydrogens (tertiary/aromatic N) is 2. The molecule has 0 aromatic heterocycles. The number of piperazine rings is 1. The second-order valence-electron chi connectivity index (χ2n) is 9.14. The molecule has 4 heteroatoms. The van der Waals surface area contributed by atoms with E-state index in [-0.39, 0.29) is 0 Å². The van der Waals surface area contributed by atoms with E-state index < -0.39 is 0 Å². The Labute approximate surface area is 137 Å². The smallest absolute Gasteiger partial charge is 0.0155 e. The van der Waals surface area contributed by atoms with Gasteiger partial charge in [-0.1, -0.05) is 0 Å². The first-order chi connectivity index (χ1) is 10.3. The van der Waals surface area contributed by atoms with Gasteiger partial charge in [0.1, 0.15) is 0 Å². The summed E-state index contributed by atoms with van der Waals surface area (Å²) >= 11 is 0. The lowest BCUT2D eigenvalue weighted by molar-refractivity contribution is -0.0628. The molecule has 0 amide bonds. The van der Waals surface area contributed by atoms with Gasteiger partial charge in [0.2, 0.25) is 0 Å². The molecule has 0 unspecified atom stereocenters. The summed E-state index contributed by atoms with van der Waals surface area (Å²) in [7, 11) is 0. The van der Waals surface area contributed by atoms with Crippen LogP contribution in [0.5, 0.6) is 0 Å². The van der Waals surface area contributed by atoms with E-state index in [1.165, 1.54) is 58.5 Å². The molecule has 0 radical (unpaired) electrons. The van der Waals surface area contributed by atoms with Gasteiger partial charge in [0.25, 0.3) is 0 Å². The van der Waals surface area contributed by atoms with Crippen LogP contribution < -0.4 is 10.6 Å². The monoisotopic (exact) mass is 308 g/mol. The first kappa shape index (κ1) is 16.7. The molecule has 0 aromatic carbocycles. The number of likely N-dealkylation sites (tertiary alicyclic amines) is 1. The standard InChI is InChI=1S/C18H36N4/c1-16(2,21-11-9-19-10-12-21)5-6-17(3,4)22-14-18(15-22)7-8-20-13-18/h19-20H,5-15H2,1-4H3. The van der Waals surface area contributed by atoms with Crippen LogP contribution in [0.25, 0.3) is 0 Å². The normalized spacial score (nSPS) is 27.3. The largest absolute Gasteiger partial charge is 0.316 e. The highest BCUT2D eigenvalue weighted by atomic mass is 15.3. The number of rotatable bonds is 5. The van der Waals surface area contributed by atoms with Crippen LogP contribution in [0.4, 0.5) is 0 Å². The van der Waals surface area contributed by atoms with Gasteiger partial charge in [-0.25, -0.2) is 0 Å². The summed E-state index contributed by atoms with van der Waals surface area (Å²) in [5.74, 6) is 0. The average Bonchev–Trinajstić information content (AvgIpc) is 2.95. The van der Waals surface area contributed by atoms with Gasteiger partial charge in [0, 0.05) is 62.3 Å². The summed E-state index contributed by atoms with van der Waals surface area (Å²) in [6, 6.07) is 0. The molecule has 22 heavy (non-hydrogen) atoms.